The molecule has 0 aliphatic carbocycles. The number of amides is 1. The summed E-state index contributed by atoms with van der Waals surface area (Å²) < 4.78 is 0. The maximum Gasteiger partial charge on any atom is 0.270 e. The number of pyridine rings is 1. The van der Waals surface area contributed by atoms with Gasteiger partial charge in [0.1, 0.15) is 5.69 Å². The van der Waals surface area contributed by atoms with Crippen molar-refractivity contribution in [2.45, 2.75) is 25.8 Å². The number of hydrogen-bond acceptors (Lipinski definition) is 2. The van der Waals surface area contributed by atoms with Crippen LogP contribution in [0.3, 0.4) is 0 Å². The van der Waals surface area contributed by atoms with E-state index in [1.54, 1.807) is 24.4 Å². The van der Waals surface area contributed by atoms with Gasteiger partial charge < -0.3 is 5.32 Å². The molecule has 1 atom stereocenters. The Hall–Kier alpha value is -1.82. The van der Waals surface area contributed by atoms with E-state index < -0.39 is 0 Å². The highest BCUT2D eigenvalue weighted by atomic mass is 16.1. The third-order valence-corrected chi connectivity index (χ3v) is 2.09. The number of aromatic nitrogens is 1. The van der Waals surface area contributed by atoms with Crippen LogP contribution in [0.2, 0.25) is 0 Å². The Labute approximate surface area is 89.9 Å². The molecule has 1 aromatic rings. The number of terminal acetylenes is 1. The van der Waals surface area contributed by atoms with Crippen molar-refractivity contribution in [3.63, 3.8) is 0 Å². The number of hydrogen-bond donors (Lipinski definition) is 1. The van der Waals surface area contributed by atoms with Gasteiger partial charge in [0.25, 0.3) is 5.91 Å². The molecule has 78 valence electrons. The number of nitrogens with zero attached hydrogens (tertiary/aromatic N) is 1. The lowest BCUT2D eigenvalue weighted by Crippen LogP contribution is -2.34. The molecule has 0 saturated carbocycles. The van der Waals surface area contributed by atoms with E-state index in [1.165, 1.54) is 0 Å². The van der Waals surface area contributed by atoms with E-state index in [0.29, 0.717) is 12.1 Å². The van der Waals surface area contributed by atoms with Gasteiger partial charge in [-0.15, -0.1) is 12.3 Å². The lowest BCUT2D eigenvalue weighted by Gasteiger charge is -2.13. The fourth-order valence-corrected chi connectivity index (χ4v) is 1.20. The Morgan fingerprint density at radius 1 is 1.67 bits per heavy atom. The van der Waals surface area contributed by atoms with Crippen LogP contribution in [0.5, 0.6) is 0 Å². The molecule has 3 nitrogen and oxygen atoms in total. The Bertz CT molecular complexity index is 354. The van der Waals surface area contributed by atoms with Crippen LogP contribution in [-0.2, 0) is 0 Å². The molecular weight excluding hydrogens is 188 g/mol. The van der Waals surface area contributed by atoms with Gasteiger partial charge >= 0.3 is 0 Å². The van der Waals surface area contributed by atoms with E-state index in [4.69, 9.17) is 6.42 Å². The summed E-state index contributed by atoms with van der Waals surface area (Å²) in [4.78, 5) is 15.6. The Balaban J connectivity index is 2.59. The van der Waals surface area contributed by atoms with Gasteiger partial charge in [0.2, 0.25) is 0 Å². The molecule has 1 N–H and O–H groups in total. The summed E-state index contributed by atoms with van der Waals surface area (Å²) in [6.45, 7) is 1.99. The molecule has 0 fully saturated rings. The largest absolute Gasteiger partial charge is 0.347 e. The molecule has 0 bridgehead atoms. The second kappa shape index (κ2) is 5.82. The zero-order valence-electron chi connectivity index (χ0n) is 8.73. The summed E-state index contributed by atoms with van der Waals surface area (Å²) in [5, 5.41) is 2.84. The first kappa shape index (κ1) is 11.3. The first-order valence-electron chi connectivity index (χ1n) is 4.93. The zero-order chi connectivity index (χ0) is 11.1. The summed E-state index contributed by atoms with van der Waals surface area (Å²) >= 11 is 0. The molecule has 0 aliphatic heterocycles. The summed E-state index contributed by atoms with van der Waals surface area (Å²) in [6, 6.07) is 5.27. The van der Waals surface area contributed by atoms with Crippen LogP contribution in [0.15, 0.2) is 24.4 Å². The van der Waals surface area contributed by atoms with Gasteiger partial charge in [0, 0.05) is 18.7 Å². The van der Waals surface area contributed by atoms with Gasteiger partial charge in [-0.3, -0.25) is 9.78 Å². The van der Waals surface area contributed by atoms with E-state index in [2.05, 4.69) is 16.2 Å². The Morgan fingerprint density at radius 3 is 3.00 bits per heavy atom. The number of nitrogens with one attached hydrogen (secondary N) is 1. The second-order valence-electron chi connectivity index (χ2n) is 3.20. The van der Waals surface area contributed by atoms with Crippen molar-refractivity contribution in [3.05, 3.63) is 30.1 Å². The lowest BCUT2D eigenvalue weighted by atomic mass is 10.1. The molecule has 1 heterocycles. The molecule has 0 aromatic carbocycles. The highest BCUT2D eigenvalue weighted by molar-refractivity contribution is 5.92. The molecule has 3 heteroatoms. The molecular formula is C12H14N2O. The number of carbonyl (C=O) groups is 1. The highest BCUT2D eigenvalue weighted by Gasteiger charge is 2.11. The molecule has 0 aliphatic rings. The Morgan fingerprint density at radius 2 is 2.47 bits per heavy atom. The van der Waals surface area contributed by atoms with Crippen LogP contribution in [0, 0.1) is 12.3 Å². The summed E-state index contributed by atoms with van der Waals surface area (Å²) in [5.41, 5.74) is 0.424. The van der Waals surface area contributed by atoms with Gasteiger partial charge in [0.05, 0.1) is 0 Å². The molecule has 0 saturated heterocycles. The van der Waals surface area contributed by atoms with Crippen molar-refractivity contribution in [2.75, 3.05) is 0 Å². The van der Waals surface area contributed by atoms with Crippen molar-refractivity contribution in [3.8, 4) is 12.3 Å². The smallest absolute Gasteiger partial charge is 0.270 e. The van der Waals surface area contributed by atoms with E-state index in [9.17, 15) is 4.79 Å². The maximum atomic E-state index is 11.6. The van der Waals surface area contributed by atoms with Crippen LogP contribution in [0.4, 0.5) is 0 Å². The second-order valence-corrected chi connectivity index (χ2v) is 3.20. The van der Waals surface area contributed by atoms with Crippen LogP contribution >= 0.6 is 0 Å². The molecule has 15 heavy (non-hydrogen) atoms. The fraction of sp³-hybridized carbons (Fsp3) is 0.333. The third kappa shape index (κ3) is 3.43. The Kier molecular flexibility index (Phi) is 4.36. The van der Waals surface area contributed by atoms with Crippen LogP contribution in [-0.4, -0.2) is 16.9 Å². The monoisotopic (exact) mass is 202 g/mol. The number of rotatable bonds is 4. The van der Waals surface area contributed by atoms with Crippen LogP contribution in [0.25, 0.3) is 0 Å². The van der Waals surface area contributed by atoms with Gasteiger partial charge in [-0.25, -0.2) is 0 Å². The molecule has 0 spiro atoms. The standard InChI is InChI=1S/C12H14N2O/c1-3-7-10(4-2)14-12(15)11-8-5-6-9-13-11/h1,5-6,8-10H,4,7H2,2H3,(H,14,15). The minimum Gasteiger partial charge on any atom is -0.347 e. The molecule has 1 aromatic heterocycles. The van der Waals surface area contributed by atoms with Crippen molar-refractivity contribution in [1.82, 2.24) is 10.3 Å². The van der Waals surface area contributed by atoms with Gasteiger partial charge in [-0.2, -0.15) is 0 Å². The van der Waals surface area contributed by atoms with E-state index >= 15 is 0 Å². The minimum absolute atomic E-state index is 0.0320. The van der Waals surface area contributed by atoms with Crippen molar-refractivity contribution in [2.24, 2.45) is 0 Å². The van der Waals surface area contributed by atoms with Crippen molar-refractivity contribution >= 4 is 5.91 Å². The fourth-order valence-electron chi connectivity index (χ4n) is 1.20. The van der Waals surface area contributed by atoms with Gasteiger partial charge in [-0.05, 0) is 18.6 Å². The minimum atomic E-state index is -0.169. The summed E-state index contributed by atoms with van der Waals surface area (Å²) in [7, 11) is 0. The predicted octanol–water partition coefficient (Wildman–Crippen LogP) is 1.61. The first-order valence-corrected chi connectivity index (χ1v) is 4.93. The average Bonchev–Trinajstić information content (AvgIpc) is 2.29. The summed E-state index contributed by atoms with van der Waals surface area (Å²) in [6.07, 6.45) is 8.17. The normalized spacial score (nSPS) is 11.5. The molecule has 1 unspecified atom stereocenters. The summed E-state index contributed by atoms with van der Waals surface area (Å²) in [5.74, 6) is 2.37. The average molecular weight is 202 g/mol. The zero-order valence-corrected chi connectivity index (χ0v) is 8.73. The molecule has 0 radical (unpaired) electrons. The molecule has 1 amide bonds. The third-order valence-electron chi connectivity index (χ3n) is 2.09. The van der Waals surface area contributed by atoms with Crippen LogP contribution < -0.4 is 5.32 Å². The van der Waals surface area contributed by atoms with Gasteiger partial charge in [-0.1, -0.05) is 13.0 Å². The van der Waals surface area contributed by atoms with Crippen LogP contribution in [0.1, 0.15) is 30.3 Å². The molecule has 1 rings (SSSR count). The van der Waals surface area contributed by atoms with E-state index in [0.717, 1.165) is 6.42 Å². The first-order chi connectivity index (χ1) is 7.27. The van der Waals surface area contributed by atoms with Gasteiger partial charge in [0.15, 0.2) is 0 Å². The van der Waals surface area contributed by atoms with E-state index in [1.807, 2.05) is 6.92 Å². The lowest BCUT2D eigenvalue weighted by molar-refractivity contribution is 0.0931. The predicted molar refractivity (Wildman–Crippen MR) is 59.2 cm³/mol. The quantitative estimate of drug-likeness (QED) is 0.754. The van der Waals surface area contributed by atoms with E-state index in [-0.39, 0.29) is 11.9 Å². The number of carbonyl (C=O) groups excluding carboxylic acids is 1. The SMILES string of the molecule is C#CCC(CC)NC(=O)c1ccccn1. The topological polar surface area (TPSA) is 42.0 Å². The maximum absolute atomic E-state index is 11.6. The van der Waals surface area contributed by atoms with Crippen molar-refractivity contribution in [1.29, 1.82) is 0 Å². The highest BCUT2D eigenvalue weighted by Crippen LogP contribution is 1.99. The van der Waals surface area contributed by atoms with Crippen molar-refractivity contribution < 1.29 is 4.79 Å².